The van der Waals surface area contributed by atoms with Crippen LogP contribution in [0.1, 0.15) is 24.6 Å². The molecule has 6 rings (SSSR count). The maximum atomic E-state index is 4.72. The third-order valence-electron chi connectivity index (χ3n) is 6.99. The Morgan fingerprint density at radius 2 is 1.85 bits per heavy atom. The van der Waals surface area contributed by atoms with Gasteiger partial charge in [0.2, 0.25) is 0 Å². The molecule has 2 N–H and O–H groups in total. The molecule has 34 heavy (non-hydrogen) atoms. The molecule has 4 heterocycles. The Morgan fingerprint density at radius 1 is 1.00 bits per heavy atom. The van der Waals surface area contributed by atoms with Crippen molar-refractivity contribution in [2.45, 2.75) is 18.9 Å². The van der Waals surface area contributed by atoms with Crippen LogP contribution < -0.4 is 10.6 Å². The van der Waals surface area contributed by atoms with Crippen LogP contribution in [0.4, 0.5) is 5.69 Å². The zero-order valence-electron chi connectivity index (χ0n) is 19.6. The minimum atomic E-state index is 0.139. The van der Waals surface area contributed by atoms with E-state index in [1.165, 1.54) is 10.9 Å². The first-order valence-electron chi connectivity index (χ1n) is 11.9. The van der Waals surface area contributed by atoms with E-state index in [9.17, 15) is 0 Å². The van der Waals surface area contributed by atoms with E-state index in [-0.39, 0.29) is 6.04 Å². The molecule has 7 nitrogen and oxygen atoms in total. The molecule has 0 aliphatic carbocycles. The molecule has 2 aromatic carbocycles. The molecule has 1 aliphatic rings. The van der Waals surface area contributed by atoms with Gasteiger partial charge >= 0.3 is 0 Å². The summed E-state index contributed by atoms with van der Waals surface area (Å²) in [6.45, 7) is 2.08. The van der Waals surface area contributed by atoms with Crippen LogP contribution in [0.3, 0.4) is 0 Å². The first-order valence-corrected chi connectivity index (χ1v) is 11.9. The quantitative estimate of drug-likeness (QED) is 0.406. The molecule has 5 aromatic rings. The van der Waals surface area contributed by atoms with E-state index < -0.39 is 0 Å². The first kappa shape index (κ1) is 20.9. The van der Waals surface area contributed by atoms with Crippen molar-refractivity contribution in [3.63, 3.8) is 0 Å². The van der Waals surface area contributed by atoms with Crippen LogP contribution in [0.5, 0.6) is 0 Å². The van der Waals surface area contributed by atoms with Gasteiger partial charge in [0, 0.05) is 55.7 Å². The van der Waals surface area contributed by atoms with Gasteiger partial charge in [-0.3, -0.25) is 9.97 Å². The molecule has 0 bridgehead atoms. The van der Waals surface area contributed by atoms with E-state index in [1.807, 2.05) is 17.9 Å². The number of nitrogens with one attached hydrogen (secondary N) is 2. The largest absolute Gasteiger partial charge is 0.376 e. The lowest BCUT2D eigenvalue weighted by Crippen LogP contribution is -2.33. The number of aryl methyl sites for hydroxylation is 2. The highest BCUT2D eigenvalue weighted by Crippen LogP contribution is 2.36. The van der Waals surface area contributed by atoms with E-state index in [0.717, 1.165) is 59.5 Å². The van der Waals surface area contributed by atoms with Gasteiger partial charge in [-0.1, -0.05) is 12.1 Å². The summed E-state index contributed by atoms with van der Waals surface area (Å²) in [6, 6.07) is 13.2. The predicted octanol–water partition coefficient (Wildman–Crippen LogP) is 4.67. The van der Waals surface area contributed by atoms with E-state index in [4.69, 9.17) is 9.97 Å². The van der Waals surface area contributed by atoms with Crippen molar-refractivity contribution in [1.29, 1.82) is 0 Å². The maximum Gasteiger partial charge on any atom is 0.0966 e. The standard InChI is InChI=1S/C27H29N7/c1-33-16-24(31-17-33)26(19-5-8-28-9-6-19)32-21-14-22(27-23(15-21)29-10-11-30-27)20-4-3-18-7-12-34(2)25(18)13-20/h3-4,7,10-17,19,26,28,32H,5-6,8-9H2,1-2H3. The number of anilines is 1. The van der Waals surface area contributed by atoms with Crippen molar-refractivity contribution in [3.8, 4) is 11.1 Å². The van der Waals surface area contributed by atoms with Crippen LogP contribution in [0.15, 0.2) is 67.5 Å². The predicted molar refractivity (Wildman–Crippen MR) is 137 cm³/mol. The van der Waals surface area contributed by atoms with Crippen molar-refractivity contribution >= 4 is 27.6 Å². The summed E-state index contributed by atoms with van der Waals surface area (Å²) < 4.78 is 4.18. The Hall–Kier alpha value is -3.71. The molecule has 0 radical (unpaired) electrons. The topological polar surface area (TPSA) is 72.6 Å². The van der Waals surface area contributed by atoms with Crippen LogP contribution in [-0.4, -0.2) is 37.2 Å². The molecular weight excluding hydrogens is 422 g/mol. The molecule has 0 saturated carbocycles. The fourth-order valence-corrected chi connectivity index (χ4v) is 5.19. The number of rotatable bonds is 5. The fraction of sp³-hybridized carbons (Fsp3) is 0.296. The first-order chi connectivity index (χ1) is 16.7. The van der Waals surface area contributed by atoms with Gasteiger partial charge < -0.3 is 19.8 Å². The molecule has 3 aromatic heterocycles. The average Bonchev–Trinajstić information content (AvgIpc) is 3.47. The van der Waals surface area contributed by atoms with Crippen LogP contribution in [0.2, 0.25) is 0 Å². The Labute approximate surface area is 198 Å². The molecule has 1 fully saturated rings. The Bertz CT molecular complexity index is 1460. The lowest BCUT2D eigenvalue weighted by atomic mass is 9.88. The van der Waals surface area contributed by atoms with E-state index >= 15 is 0 Å². The number of piperidine rings is 1. The molecule has 7 heteroatoms. The van der Waals surface area contributed by atoms with Crippen molar-refractivity contribution in [1.82, 2.24) is 29.4 Å². The fourth-order valence-electron chi connectivity index (χ4n) is 5.19. The minimum absolute atomic E-state index is 0.139. The highest BCUT2D eigenvalue weighted by atomic mass is 15.0. The summed E-state index contributed by atoms with van der Waals surface area (Å²) in [7, 11) is 4.11. The van der Waals surface area contributed by atoms with Crippen LogP contribution in [0.25, 0.3) is 33.1 Å². The van der Waals surface area contributed by atoms with Crippen LogP contribution >= 0.6 is 0 Å². The second kappa shape index (κ2) is 8.57. The monoisotopic (exact) mass is 451 g/mol. The van der Waals surface area contributed by atoms with Crippen molar-refractivity contribution in [3.05, 3.63) is 73.2 Å². The Morgan fingerprint density at radius 3 is 2.68 bits per heavy atom. The third-order valence-corrected chi connectivity index (χ3v) is 6.99. The smallest absolute Gasteiger partial charge is 0.0966 e. The van der Waals surface area contributed by atoms with Crippen molar-refractivity contribution in [2.24, 2.45) is 20.0 Å². The van der Waals surface area contributed by atoms with Gasteiger partial charge in [-0.25, -0.2) is 4.98 Å². The SMILES string of the molecule is Cn1cnc(C(Nc2cc(-c3ccc4ccn(C)c4c3)c3nccnc3c2)C2CCNCC2)c1. The normalized spacial score (nSPS) is 15.7. The lowest BCUT2D eigenvalue weighted by molar-refractivity contribution is 0.332. The number of hydrogen-bond acceptors (Lipinski definition) is 5. The molecule has 1 saturated heterocycles. The van der Waals surface area contributed by atoms with Gasteiger partial charge in [0.05, 0.1) is 29.1 Å². The highest BCUT2D eigenvalue weighted by Gasteiger charge is 2.27. The molecule has 1 aliphatic heterocycles. The van der Waals surface area contributed by atoms with E-state index in [2.05, 4.69) is 76.0 Å². The second-order valence-corrected chi connectivity index (χ2v) is 9.32. The highest BCUT2D eigenvalue weighted by molar-refractivity contribution is 5.97. The summed E-state index contributed by atoms with van der Waals surface area (Å²) in [5.41, 5.74) is 7.36. The number of benzene rings is 2. The minimum Gasteiger partial charge on any atom is -0.376 e. The number of nitrogens with zero attached hydrogens (tertiary/aromatic N) is 5. The summed E-state index contributed by atoms with van der Waals surface area (Å²) in [4.78, 5) is 14.1. The molecule has 1 atom stereocenters. The van der Waals surface area contributed by atoms with Gasteiger partial charge in [0.15, 0.2) is 0 Å². The Balaban J connectivity index is 1.45. The van der Waals surface area contributed by atoms with Crippen LogP contribution in [-0.2, 0) is 14.1 Å². The van der Waals surface area contributed by atoms with Crippen molar-refractivity contribution < 1.29 is 0 Å². The van der Waals surface area contributed by atoms with Crippen LogP contribution in [0, 0.1) is 5.92 Å². The average molecular weight is 452 g/mol. The molecule has 172 valence electrons. The van der Waals surface area contributed by atoms with E-state index in [0.29, 0.717) is 5.92 Å². The van der Waals surface area contributed by atoms with Gasteiger partial charge in [-0.2, -0.15) is 0 Å². The Kier molecular flexibility index (Phi) is 5.26. The van der Waals surface area contributed by atoms with Gasteiger partial charge in [0.1, 0.15) is 0 Å². The third kappa shape index (κ3) is 3.82. The maximum absolute atomic E-state index is 4.72. The molecular formula is C27H29N7. The number of hydrogen-bond donors (Lipinski definition) is 2. The molecule has 0 amide bonds. The summed E-state index contributed by atoms with van der Waals surface area (Å²) in [5.74, 6) is 0.511. The molecule has 1 unspecified atom stereocenters. The second-order valence-electron chi connectivity index (χ2n) is 9.32. The lowest BCUT2D eigenvalue weighted by Gasteiger charge is -2.31. The number of aromatic nitrogens is 5. The number of imidazole rings is 1. The van der Waals surface area contributed by atoms with Gasteiger partial charge in [-0.05, 0) is 67.1 Å². The van der Waals surface area contributed by atoms with Gasteiger partial charge in [-0.15, -0.1) is 0 Å². The van der Waals surface area contributed by atoms with E-state index in [1.54, 1.807) is 12.4 Å². The summed E-state index contributed by atoms with van der Waals surface area (Å²) >= 11 is 0. The van der Waals surface area contributed by atoms with Crippen molar-refractivity contribution in [2.75, 3.05) is 18.4 Å². The zero-order chi connectivity index (χ0) is 23.1. The molecule has 0 spiro atoms. The number of fused-ring (bicyclic) bond motifs is 2. The summed E-state index contributed by atoms with van der Waals surface area (Å²) in [6.07, 6.45) is 11.9. The summed E-state index contributed by atoms with van der Waals surface area (Å²) in [5, 5.41) is 8.57. The zero-order valence-corrected chi connectivity index (χ0v) is 19.6. The van der Waals surface area contributed by atoms with Gasteiger partial charge in [0.25, 0.3) is 0 Å².